The second-order valence-corrected chi connectivity index (χ2v) is 4.26. The maximum absolute atomic E-state index is 10.9. The molecular weight excluding hydrogens is 262 g/mol. The molecule has 0 aliphatic carbocycles. The first-order valence-corrected chi connectivity index (χ1v) is 5.74. The summed E-state index contributed by atoms with van der Waals surface area (Å²) in [4.78, 5) is 21.8. The summed E-state index contributed by atoms with van der Waals surface area (Å²) in [5, 5.41) is 21.0. The lowest BCUT2D eigenvalue weighted by Crippen LogP contribution is -2.06. The third-order valence-corrected chi connectivity index (χ3v) is 2.95. The normalized spacial score (nSPS) is 11.6. The van der Waals surface area contributed by atoms with Gasteiger partial charge >= 0.3 is 11.9 Å². The number of rotatable bonds is 2. The van der Waals surface area contributed by atoms with E-state index in [1.54, 1.807) is 12.1 Å². The molecule has 0 amide bonds. The highest BCUT2D eigenvalue weighted by atomic mass is 16.5. The number of benzene rings is 2. The van der Waals surface area contributed by atoms with Gasteiger partial charge in [-0.05, 0) is 36.4 Å². The summed E-state index contributed by atoms with van der Waals surface area (Å²) in [6.07, 6.45) is 0. The molecule has 0 bridgehead atoms. The van der Waals surface area contributed by atoms with Gasteiger partial charge in [0.15, 0.2) is 11.5 Å². The summed E-state index contributed by atoms with van der Waals surface area (Å²) in [7, 11) is 0. The molecule has 1 heterocycles. The smallest absolute Gasteiger partial charge is 0.335 e. The molecule has 2 aromatic rings. The molecule has 1 aliphatic heterocycles. The van der Waals surface area contributed by atoms with Crippen LogP contribution >= 0.6 is 0 Å². The van der Waals surface area contributed by atoms with E-state index in [0.717, 1.165) is 0 Å². The van der Waals surface area contributed by atoms with Crippen LogP contribution in [0.25, 0.3) is 0 Å². The Hall–Kier alpha value is -3.02. The van der Waals surface area contributed by atoms with Crippen molar-refractivity contribution >= 4 is 23.3 Å². The quantitative estimate of drug-likeness (QED) is 0.663. The largest absolute Gasteiger partial charge is 0.478 e. The number of carbonyl (C=O) groups is 2. The van der Waals surface area contributed by atoms with Gasteiger partial charge in [-0.3, -0.25) is 0 Å². The van der Waals surface area contributed by atoms with Gasteiger partial charge in [-0.15, -0.1) is 0 Å². The van der Waals surface area contributed by atoms with Crippen molar-refractivity contribution < 1.29 is 24.5 Å². The minimum Gasteiger partial charge on any atom is -0.478 e. The second kappa shape index (κ2) is 4.27. The van der Waals surface area contributed by atoms with Gasteiger partial charge in [0, 0.05) is 0 Å². The van der Waals surface area contributed by atoms with Crippen LogP contribution in [0.5, 0.6) is 11.5 Å². The fraction of sp³-hybridized carbons (Fsp3) is 0. The predicted octanol–water partition coefficient (Wildman–Crippen LogP) is 2.93. The van der Waals surface area contributed by atoms with E-state index in [1.165, 1.54) is 24.3 Å². The number of hydrogen-bond acceptors (Lipinski definition) is 4. The van der Waals surface area contributed by atoms with Crippen LogP contribution in [0.2, 0.25) is 0 Å². The number of ether oxygens (including phenoxy) is 1. The van der Waals surface area contributed by atoms with Crippen molar-refractivity contribution in [3.63, 3.8) is 0 Å². The van der Waals surface area contributed by atoms with Crippen LogP contribution in [0.15, 0.2) is 36.4 Å². The van der Waals surface area contributed by atoms with Crippen LogP contribution in [0.1, 0.15) is 20.7 Å². The van der Waals surface area contributed by atoms with E-state index in [4.69, 9.17) is 14.9 Å². The zero-order valence-electron chi connectivity index (χ0n) is 10.1. The molecule has 6 heteroatoms. The van der Waals surface area contributed by atoms with Crippen LogP contribution in [0, 0.1) is 0 Å². The first kappa shape index (κ1) is 12.0. The third kappa shape index (κ3) is 1.93. The molecule has 20 heavy (non-hydrogen) atoms. The van der Waals surface area contributed by atoms with E-state index in [2.05, 4.69) is 5.32 Å². The molecule has 0 saturated heterocycles. The predicted molar refractivity (Wildman–Crippen MR) is 70.2 cm³/mol. The topological polar surface area (TPSA) is 95.9 Å². The number of carboxylic acid groups (broad SMARTS) is 2. The second-order valence-electron chi connectivity index (χ2n) is 4.26. The molecule has 0 saturated carbocycles. The molecule has 0 unspecified atom stereocenters. The molecule has 1 aliphatic rings. The van der Waals surface area contributed by atoms with E-state index in [9.17, 15) is 9.59 Å². The lowest BCUT2D eigenvalue weighted by atomic mass is 10.1. The van der Waals surface area contributed by atoms with Crippen LogP contribution in [-0.4, -0.2) is 22.2 Å². The molecule has 0 atom stereocenters. The summed E-state index contributed by atoms with van der Waals surface area (Å²) in [5.41, 5.74) is 1.46. The van der Waals surface area contributed by atoms with Gasteiger partial charge in [-0.2, -0.15) is 0 Å². The van der Waals surface area contributed by atoms with Crippen molar-refractivity contribution in [2.75, 3.05) is 5.32 Å². The van der Waals surface area contributed by atoms with Crippen molar-refractivity contribution in [2.24, 2.45) is 0 Å². The summed E-state index contributed by atoms with van der Waals surface area (Å²) in [5.74, 6) is -1.41. The minimum atomic E-state index is -1.05. The van der Waals surface area contributed by atoms with Gasteiger partial charge in [-0.1, -0.05) is 0 Å². The zero-order chi connectivity index (χ0) is 14.3. The molecule has 0 radical (unpaired) electrons. The van der Waals surface area contributed by atoms with Crippen LogP contribution in [0.3, 0.4) is 0 Å². The number of aromatic carboxylic acids is 2. The number of hydrogen-bond donors (Lipinski definition) is 3. The Kier molecular flexibility index (Phi) is 2.57. The highest BCUT2D eigenvalue weighted by Crippen LogP contribution is 2.42. The molecule has 6 nitrogen and oxygen atoms in total. The average molecular weight is 271 g/mol. The Labute approximate surface area is 113 Å². The molecule has 0 fully saturated rings. The zero-order valence-corrected chi connectivity index (χ0v) is 10.1. The Balaban J connectivity index is 2.03. The van der Waals surface area contributed by atoms with Gasteiger partial charge in [-0.25, -0.2) is 9.59 Å². The van der Waals surface area contributed by atoms with E-state index >= 15 is 0 Å². The summed E-state index contributed by atoms with van der Waals surface area (Å²) < 4.78 is 5.57. The number of fused-ring (bicyclic) bond motifs is 2. The molecular formula is C14H9NO5. The molecule has 3 rings (SSSR count). The first-order chi connectivity index (χ1) is 9.54. The van der Waals surface area contributed by atoms with E-state index in [1.807, 2.05) is 0 Å². The van der Waals surface area contributed by atoms with Crippen LogP contribution < -0.4 is 10.1 Å². The van der Waals surface area contributed by atoms with Crippen LogP contribution in [0.4, 0.5) is 11.4 Å². The van der Waals surface area contributed by atoms with Crippen molar-refractivity contribution in [1.29, 1.82) is 0 Å². The van der Waals surface area contributed by atoms with Gasteiger partial charge < -0.3 is 20.3 Å². The Morgan fingerprint density at radius 2 is 1.30 bits per heavy atom. The SMILES string of the molecule is O=C(O)c1ccc2c(c1)Oc1cc(C(=O)O)ccc1N2. The Bertz CT molecular complexity index is 677. The van der Waals surface area contributed by atoms with Gasteiger partial charge in [0.05, 0.1) is 22.5 Å². The van der Waals surface area contributed by atoms with Crippen LogP contribution in [-0.2, 0) is 0 Å². The average Bonchev–Trinajstić information content (AvgIpc) is 2.43. The number of nitrogens with one attached hydrogen (secondary N) is 1. The monoisotopic (exact) mass is 271 g/mol. The highest BCUT2D eigenvalue weighted by Gasteiger charge is 2.19. The first-order valence-electron chi connectivity index (χ1n) is 5.74. The minimum absolute atomic E-state index is 0.100. The fourth-order valence-corrected chi connectivity index (χ4v) is 1.95. The summed E-state index contributed by atoms with van der Waals surface area (Å²) in [6.45, 7) is 0. The maximum Gasteiger partial charge on any atom is 0.335 e. The highest BCUT2D eigenvalue weighted by molar-refractivity contribution is 5.92. The lowest BCUT2D eigenvalue weighted by molar-refractivity contribution is 0.0686. The summed E-state index contributed by atoms with van der Waals surface area (Å²) >= 11 is 0. The summed E-state index contributed by atoms with van der Waals surface area (Å²) in [6, 6.07) is 8.92. The van der Waals surface area contributed by atoms with Gasteiger partial charge in [0.1, 0.15) is 0 Å². The third-order valence-electron chi connectivity index (χ3n) is 2.95. The standard InChI is InChI=1S/C14H9NO5/c16-13(17)7-1-3-9-11(5-7)20-12-6-8(14(18)19)2-4-10(12)15-9/h1-6,15H,(H,16,17)(H,18,19). The Morgan fingerprint density at radius 1 is 0.850 bits per heavy atom. The molecule has 2 aromatic carbocycles. The van der Waals surface area contributed by atoms with Crippen molar-refractivity contribution in [1.82, 2.24) is 0 Å². The molecule has 100 valence electrons. The number of carboxylic acids is 2. The lowest BCUT2D eigenvalue weighted by Gasteiger charge is -2.22. The molecule has 0 spiro atoms. The van der Waals surface area contributed by atoms with E-state index in [-0.39, 0.29) is 11.1 Å². The van der Waals surface area contributed by atoms with Gasteiger partial charge in [0.2, 0.25) is 0 Å². The fourth-order valence-electron chi connectivity index (χ4n) is 1.95. The number of anilines is 2. The molecule has 3 N–H and O–H groups in total. The van der Waals surface area contributed by atoms with E-state index < -0.39 is 11.9 Å². The van der Waals surface area contributed by atoms with Crippen molar-refractivity contribution in [2.45, 2.75) is 0 Å². The van der Waals surface area contributed by atoms with E-state index in [0.29, 0.717) is 22.9 Å². The molecule has 0 aromatic heterocycles. The Morgan fingerprint density at radius 3 is 1.70 bits per heavy atom. The van der Waals surface area contributed by atoms with Crippen molar-refractivity contribution in [3.05, 3.63) is 47.5 Å². The van der Waals surface area contributed by atoms with Crippen molar-refractivity contribution in [3.8, 4) is 11.5 Å². The van der Waals surface area contributed by atoms with Gasteiger partial charge in [0.25, 0.3) is 0 Å². The maximum atomic E-state index is 10.9.